The average molecular weight is 250 g/mol. The van der Waals surface area contributed by atoms with Crippen molar-refractivity contribution < 1.29 is 5.11 Å². The van der Waals surface area contributed by atoms with Gasteiger partial charge in [0.2, 0.25) is 0 Å². The number of hydrogen-bond acceptors (Lipinski definition) is 5. The van der Waals surface area contributed by atoms with E-state index >= 15 is 0 Å². The Kier molecular flexibility index (Phi) is 3.93. The molecular formula is C11H18N6O. The minimum absolute atomic E-state index is 0.167. The Balaban J connectivity index is 1.88. The smallest absolute Gasteiger partial charge is 0.148 e. The number of nitrogens with one attached hydrogen (secondary N) is 1. The average Bonchev–Trinajstić information content (AvgIpc) is 2.92. The summed E-state index contributed by atoms with van der Waals surface area (Å²) in [5.41, 5.74) is 1.96. The first-order chi connectivity index (χ1) is 8.69. The van der Waals surface area contributed by atoms with Gasteiger partial charge in [-0.3, -0.25) is 9.36 Å². The molecule has 0 aliphatic heterocycles. The van der Waals surface area contributed by atoms with Crippen LogP contribution < -0.4 is 5.32 Å². The zero-order chi connectivity index (χ0) is 13.0. The third-order valence-electron chi connectivity index (χ3n) is 2.70. The number of aryl methyl sites for hydroxylation is 3. The molecule has 2 rings (SSSR count). The van der Waals surface area contributed by atoms with E-state index in [1.165, 1.54) is 0 Å². The highest BCUT2D eigenvalue weighted by molar-refractivity contribution is 5.35. The van der Waals surface area contributed by atoms with E-state index in [1.54, 1.807) is 4.68 Å². The summed E-state index contributed by atoms with van der Waals surface area (Å²) < 4.78 is 3.55. The molecule has 18 heavy (non-hydrogen) atoms. The van der Waals surface area contributed by atoms with Crippen molar-refractivity contribution >= 4 is 5.82 Å². The van der Waals surface area contributed by atoms with Crippen LogP contribution in [0.1, 0.15) is 17.8 Å². The zero-order valence-electron chi connectivity index (χ0n) is 10.7. The second-order valence-electron chi connectivity index (χ2n) is 4.20. The lowest BCUT2D eigenvalue weighted by Crippen LogP contribution is -2.01. The van der Waals surface area contributed by atoms with Crippen LogP contribution in [0, 0.1) is 6.92 Å². The highest BCUT2D eigenvalue weighted by Crippen LogP contribution is 2.08. The summed E-state index contributed by atoms with van der Waals surface area (Å²) >= 11 is 0. The molecule has 0 fully saturated rings. The molecule has 0 radical (unpaired) electrons. The van der Waals surface area contributed by atoms with Gasteiger partial charge in [-0.25, -0.2) is 0 Å². The van der Waals surface area contributed by atoms with Crippen LogP contribution in [0.2, 0.25) is 0 Å². The molecular weight excluding hydrogens is 232 g/mol. The van der Waals surface area contributed by atoms with Crippen molar-refractivity contribution in [1.82, 2.24) is 24.8 Å². The summed E-state index contributed by atoms with van der Waals surface area (Å²) in [7, 11) is 1.91. The van der Waals surface area contributed by atoms with Crippen LogP contribution >= 0.6 is 0 Å². The SMILES string of the molecule is Cc1cc(NCc2cn(CCCO)nn2)nn1C. The van der Waals surface area contributed by atoms with Gasteiger partial charge in [0.1, 0.15) is 11.5 Å². The Bertz CT molecular complexity index is 484. The van der Waals surface area contributed by atoms with Crippen molar-refractivity contribution in [3.63, 3.8) is 0 Å². The first-order valence-corrected chi connectivity index (χ1v) is 5.93. The predicted molar refractivity (Wildman–Crippen MR) is 67.0 cm³/mol. The number of rotatable bonds is 6. The quantitative estimate of drug-likeness (QED) is 0.771. The summed E-state index contributed by atoms with van der Waals surface area (Å²) in [6.45, 7) is 3.45. The van der Waals surface area contributed by atoms with E-state index in [2.05, 4.69) is 20.7 Å². The maximum Gasteiger partial charge on any atom is 0.148 e. The molecule has 0 spiro atoms. The van der Waals surface area contributed by atoms with E-state index in [1.807, 2.05) is 30.9 Å². The molecule has 0 aromatic carbocycles. The molecule has 2 N–H and O–H groups in total. The second kappa shape index (κ2) is 5.63. The molecule has 7 nitrogen and oxygen atoms in total. The van der Waals surface area contributed by atoms with Crippen molar-refractivity contribution in [1.29, 1.82) is 0 Å². The molecule has 0 atom stereocenters. The van der Waals surface area contributed by atoms with E-state index in [4.69, 9.17) is 5.11 Å². The predicted octanol–water partition coefficient (Wildman–Crippen LogP) is 0.315. The van der Waals surface area contributed by atoms with Crippen molar-refractivity contribution in [3.05, 3.63) is 23.7 Å². The van der Waals surface area contributed by atoms with Crippen molar-refractivity contribution in [2.75, 3.05) is 11.9 Å². The van der Waals surface area contributed by atoms with Crippen molar-refractivity contribution in [2.45, 2.75) is 26.4 Å². The third kappa shape index (κ3) is 3.07. The second-order valence-corrected chi connectivity index (χ2v) is 4.20. The zero-order valence-corrected chi connectivity index (χ0v) is 10.7. The molecule has 0 saturated heterocycles. The fourth-order valence-corrected chi connectivity index (χ4v) is 1.59. The maximum absolute atomic E-state index is 8.73. The molecule has 0 unspecified atom stereocenters. The summed E-state index contributed by atoms with van der Waals surface area (Å²) in [5.74, 6) is 0.833. The maximum atomic E-state index is 8.73. The molecule has 2 heterocycles. The summed E-state index contributed by atoms with van der Waals surface area (Å²) in [6, 6.07) is 1.98. The molecule has 0 saturated carbocycles. The minimum atomic E-state index is 0.167. The molecule has 0 aliphatic carbocycles. The molecule has 0 aliphatic rings. The normalized spacial score (nSPS) is 10.8. The molecule has 98 valence electrons. The van der Waals surface area contributed by atoms with E-state index < -0.39 is 0 Å². The van der Waals surface area contributed by atoms with Crippen LogP contribution in [0.25, 0.3) is 0 Å². The van der Waals surface area contributed by atoms with Gasteiger partial charge in [-0.05, 0) is 13.3 Å². The van der Waals surface area contributed by atoms with Gasteiger partial charge in [0.05, 0.1) is 12.7 Å². The number of anilines is 1. The summed E-state index contributed by atoms with van der Waals surface area (Å²) in [6.07, 6.45) is 2.56. The Morgan fingerprint density at radius 2 is 2.28 bits per heavy atom. The van der Waals surface area contributed by atoms with E-state index in [9.17, 15) is 0 Å². The fraction of sp³-hybridized carbons (Fsp3) is 0.545. The number of aromatic nitrogens is 5. The van der Waals surface area contributed by atoms with Gasteiger partial charge in [0.25, 0.3) is 0 Å². The lowest BCUT2D eigenvalue weighted by Gasteiger charge is -1.98. The van der Waals surface area contributed by atoms with Crippen molar-refractivity contribution in [3.8, 4) is 0 Å². The van der Waals surface area contributed by atoms with Gasteiger partial charge in [-0.15, -0.1) is 5.10 Å². The Morgan fingerprint density at radius 1 is 1.44 bits per heavy atom. The van der Waals surface area contributed by atoms with Crippen LogP contribution in [0.4, 0.5) is 5.82 Å². The molecule has 0 bridgehead atoms. The summed E-state index contributed by atoms with van der Waals surface area (Å²) in [5, 5.41) is 24.3. The van der Waals surface area contributed by atoms with E-state index in [0.29, 0.717) is 19.5 Å². The Hall–Kier alpha value is -1.89. The third-order valence-corrected chi connectivity index (χ3v) is 2.70. The van der Waals surface area contributed by atoms with Gasteiger partial charge in [0, 0.05) is 32.0 Å². The van der Waals surface area contributed by atoms with E-state index in [0.717, 1.165) is 17.2 Å². The number of hydrogen-bond donors (Lipinski definition) is 2. The van der Waals surface area contributed by atoms with Gasteiger partial charge >= 0.3 is 0 Å². The number of aliphatic hydroxyl groups is 1. The monoisotopic (exact) mass is 250 g/mol. The minimum Gasteiger partial charge on any atom is -0.396 e. The van der Waals surface area contributed by atoms with E-state index in [-0.39, 0.29) is 6.61 Å². The highest BCUT2D eigenvalue weighted by Gasteiger charge is 2.03. The fourth-order valence-electron chi connectivity index (χ4n) is 1.59. The van der Waals surface area contributed by atoms with Crippen LogP contribution in [-0.4, -0.2) is 36.5 Å². The lowest BCUT2D eigenvalue weighted by atomic mass is 10.4. The Morgan fingerprint density at radius 3 is 2.94 bits per heavy atom. The molecule has 2 aromatic heterocycles. The van der Waals surface area contributed by atoms with Crippen LogP contribution in [0.15, 0.2) is 12.3 Å². The highest BCUT2D eigenvalue weighted by atomic mass is 16.3. The lowest BCUT2D eigenvalue weighted by molar-refractivity contribution is 0.276. The van der Waals surface area contributed by atoms with Crippen LogP contribution in [0.5, 0.6) is 0 Å². The first kappa shape index (κ1) is 12.6. The Labute approximate surface area is 105 Å². The number of aliphatic hydroxyl groups excluding tert-OH is 1. The van der Waals surface area contributed by atoms with Gasteiger partial charge in [-0.1, -0.05) is 5.21 Å². The largest absolute Gasteiger partial charge is 0.396 e. The van der Waals surface area contributed by atoms with Crippen LogP contribution in [-0.2, 0) is 20.1 Å². The van der Waals surface area contributed by atoms with Gasteiger partial charge in [0.15, 0.2) is 0 Å². The molecule has 2 aromatic rings. The molecule has 0 amide bonds. The van der Waals surface area contributed by atoms with Gasteiger partial charge < -0.3 is 10.4 Å². The topological polar surface area (TPSA) is 80.8 Å². The standard InChI is InChI=1S/C11H18N6O/c1-9-6-11(14-16(9)2)12-7-10-8-17(15-13-10)4-3-5-18/h6,8,18H,3-5,7H2,1-2H3,(H,12,14). The first-order valence-electron chi connectivity index (χ1n) is 5.93. The van der Waals surface area contributed by atoms with Crippen molar-refractivity contribution in [2.24, 2.45) is 7.05 Å². The van der Waals surface area contributed by atoms with Gasteiger partial charge in [-0.2, -0.15) is 5.10 Å². The van der Waals surface area contributed by atoms with Crippen LogP contribution in [0.3, 0.4) is 0 Å². The number of nitrogens with zero attached hydrogens (tertiary/aromatic N) is 5. The molecule has 7 heteroatoms. The summed E-state index contributed by atoms with van der Waals surface area (Å²) in [4.78, 5) is 0.